The van der Waals surface area contributed by atoms with Crippen molar-refractivity contribution in [1.82, 2.24) is 19.5 Å². The number of carbonyl (C=O) groups is 1. The van der Waals surface area contributed by atoms with Crippen molar-refractivity contribution in [3.8, 4) is 5.75 Å². The lowest BCUT2D eigenvalue weighted by molar-refractivity contribution is -0.106. The summed E-state index contributed by atoms with van der Waals surface area (Å²) in [5.74, 6) is 0.582. The molecule has 1 saturated heterocycles. The molecule has 3 aromatic rings. The third kappa shape index (κ3) is 5.05. The van der Waals surface area contributed by atoms with Gasteiger partial charge in [0.25, 0.3) is 5.91 Å². The number of morpholine rings is 1. The number of hydrogen-bond donors (Lipinski definition) is 2. The summed E-state index contributed by atoms with van der Waals surface area (Å²) < 4.78 is 12.7. The van der Waals surface area contributed by atoms with Gasteiger partial charge in [-0.05, 0) is 44.5 Å². The van der Waals surface area contributed by atoms with Gasteiger partial charge >= 0.3 is 0 Å². The number of nitrogens with zero attached hydrogens (tertiary/aromatic N) is 4. The second-order valence-electron chi connectivity index (χ2n) is 8.76. The molecule has 33 heavy (non-hydrogen) atoms. The van der Waals surface area contributed by atoms with Crippen molar-refractivity contribution in [2.75, 3.05) is 25.6 Å². The Hall–Kier alpha value is -2.88. The molecule has 2 unspecified atom stereocenters. The summed E-state index contributed by atoms with van der Waals surface area (Å²) in [6.07, 6.45) is 1.49. The van der Waals surface area contributed by atoms with Gasteiger partial charge in [-0.25, -0.2) is 4.52 Å². The highest BCUT2D eigenvalue weighted by atomic mass is 35.5. The Kier molecular flexibility index (Phi) is 6.47. The summed E-state index contributed by atoms with van der Waals surface area (Å²) in [7, 11) is 1.52. The minimum absolute atomic E-state index is 0.133. The Morgan fingerprint density at radius 3 is 2.88 bits per heavy atom. The zero-order valence-corrected chi connectivity index (χ0v) is 19.8. The predicted octanol–water partition coefficient (Wildman–Crippen LogP) is 3.00. The third-order valence-electron chi connectivity index (χ3n) is 5.65. The monoisotopic (exact) mass is 473 g/mol. The van der Waals surface area contributed by atoms with Crippen LogP contribution in [0.25, 0.3) is 5.65 Å². The fourth-order valence-corrected chi connectivity index (χ4v) is 4.12. The zero-order chi connectivity index (χ0) is 23.8. The van der Waals surface area contributed by atoms with Crippen LogP contribution in [0, 0.1) is 0 Å². The van der Waals surface area contributed by atoms with Crippen LogP contribution in [0.3, 0.4) is 0 Å². The molecular weight excluding hydrogens is 446 g/mol. The van der Waals surface area contributed by atoms with E-state index in [-0.39, 0.29) is 18.6 Å². The van der Waals surface area contributed by atoms with Crippen molar-refractivity contribution in [3.63, 3.8) is 0 Å². The number of aliphatic hydroxyl groups is 1. The van der Waals surface area contributed by atoms with Crippen LogP contribution in [-0.2, 0) is 11.3 Å². The van der Waals surface area contributed by atoms with Gasteiger partial charge in [-0.1, -0.05) is 23.7 Å². The second kappa shape index (κ2) is 9.17. The number of aromatic nitrogens is 3. The molecule has 2 atom stereocenters. The summed E-state index contributed by atoms with van der Waals surface area (Å²) in [5, 5.41) is 18.9. The SMILES string of the molecule is COc1cc(C(=O)N2CC(C)OCC2C(C)(C)O)cn2nc(NCc3cccc(Cl)c3)nc12. The Bertz CT molecular complexity index is 1160. The maximum atomic E-state index is 13.5. The first-order chi connectivity index (χ1) is 15.7. The van der Waals surface area contributed by atoms with E-state index in [0.29, 0.717) is 41.0 Å². The first-order valence-electron chi connectivity index (χ1n) is 10.7. The van der Waals surface area contributed by atoms with Crippen molar-refractivity contribution in [1.29, 1.82) is 0 Å². The molecule has 0 saturated carbocycles. The average molecular weight is 474 g/mol. The average Bonchev–Trinajstić information content (AvgIpc) is 3.18. The topological polar surface area (TPSA) is 101 Å². The normalized spacial score (nSPS) is 19.0. The molecule has 0 radical (unpaired) electrons. The number of carbonyl (C=O) groups excluding carboxylic acids is 1. The Morgan fingerprint density at radius 1 is 1.39 bits per heavy atom. The van der Waals surface area contributed by atoms with Crippen molar-refractivity contribution in [2.45, 2.75) is 45.1 Å². The Balaban J connectivity index is 1.62. The van der Waals surface area contributed by atoms with Crippen LogP contribution < -0.4 is 10.1 Å². The van der Waals surface area contributed by atoms with Gasteiger partial charge in [0.15, 0.2) is 11.4 Å². The molecule has 2 aromatic heterocycles. The lowest BCUT2D eigenvalue weighted by Gasteiger charge is -2.44. The van der Waals surface area contributed by atoms with E-state index in [2.05, 4.69) is 15.4 Å². The molecule has 0 aliphatic carbocycles. The molecule has 10 heteroatoms. The summed E-state index contributed by atoms with van der Waals surface area (Å²) in [6.45, 7) is 6.38. The van der Waals surface area contributed by atoms with Gasteiger partial charge in [-0.3, -0.25) is 4.79 Å². The molecule has 1 aliphatic rings. The van der Waals surface area contributed by atoms with Crippen LogP contribution in [0.2, 0.25) is 5.02 Å². The van der Waals surface area contributed by atoms with Gasteiger partial charge in [0.1, 0.15) is 0 Å². The van der Waals surface area contributed by atoms with Crippen molar-refractivity contribution >= 4 is 29.1 Å². The maximum Gasteiger partial charge on any atom is 0.256 e. The Labute approximate surface area is 197 Å². The minimum atomic E-state index is -1.12. The van der Waals surface area contributed by atoms with Gasteiger partial charge < -0.3 is 24.8 Å². The van der Waals surface area contributed by atoms with Crippen LogP contribution >= 0.6 is 11.6 Å². The molecular formula is C23H28ClN5O4. The molecule has 1 fully saturated rings. The van der Waals surface area contributed by atoms with Gasteiger partial charge in [0.05, 0.1) is 37.0 Å². The van der Waals surface area contributed by atoms with Crippen molar-refractivity contribution in [3.05, 3.63) is 52.7 Å². The number of anilines is 1. The van der Waals surface area contributed by atoms with E-state index in [1.165, 1.54) is 11.6 Å². The molecule has 0 bridgehead atoms. The Morgan fingerprint density at radius 2 is 2.18 bits per heavy atom. The van der Waals surface area contributed by atoms with E-state index in [4.69, 9.17) is 21.1 Å². The number of fused-ring (bicyclic) bond motifs is 1. The quantitative estimate of drug-likeness (QED) is 0.567. The van der Waals surface area contributed by atoms with Crippen molar-refractivity contribution < 1.29 is 19.4 Å². The van der Waals surface area contributed by atoms with Crippen molar-refractivity contribution in [2.24, 2.45) is 0 Å². The fourth-order valence-electron chi connectivity index (χ4n) is 3.90. The molecule has 1 aliphatic heterocycles. The van der Waals surface area contributed by atoms with E-state index in [1.54, 1.807) is 31.0 Å². The van der Waals surface area contributed by atoms with E-state index in [9.17, 15) is 9.90 Å². The number of halogens is 1. The number of methoxy groups -OCH3 is 1. The molecule has 2 N–H and O–H groups in total. The summed E-state index contributed by atoms with van der Waals surface area (Å²) in [4.78, 5) is 19.6. The van der Waals surface area contributed by atoms with Gasteiger partial charge in [-0.2, -0.15) is 4.98 Å². The standard InChI is InChI=1S/C23H28ClN5O4/c1-14-11-28(19(13-33-14)23(2,3)31)21(30)16-9-18(32-4)20-26-22(27-29(20)12-16)25-10-15-6-5-7-17(24)8-15/h5-9,12,14,19,31H,10-11,13H2,1-4H3,(H,25,27). The van der Waals surface area contributed by atoms with Crippen LogP contribution in [0.1, 0.15) is 36.7 Å². The minimum Gasteiger partial charge on any atom is -0.493 e. The number of rotatable bonds is 6. The lowest BCUT2D eigenvalue weighted by Crippen LogP contribution is -2.59. The molecule has 1 aromatic carbocycles. The molecule has 176 valence electrons. The summed E-state index contributed by atoms with van der Waals surface area (Å²) >= 11 is 6.05. The highest BCUT2D eigenvalue weighted by Crippen LogP contribution is 2.27. The third-order valence-corrected chi connectivity index (χ3v) is 5.89. The molecule has 4 rings (SSSR count). The first kappa shape index (κ1) is 23.3. The van der Waals surface area contributed by atoms with E-state index in [0.717, 1.165) is 5.56 Å². The van der Waals surface area contributed by atoms with E-state index >= 15 is 0 Å². The number of hydrogen-bond acceptors (Lipinski definition) is 7. The number of benzene rings is 1. The molecule has 1 amide bonds. The lowest BCUT2D eigenvalue weighted by atomic mass is 9.95. The maximum absolute atomic E-state index is 13.5. The number of amides is 1. The summed E-state index contributed by atoms with van der Waals surface area (Å²) in [6, 6.07) is 8.68. The van der Waals surface area contributed by atoms with Crippen LogP contribution in [0.15, 0.2) is 36.5 Å². The highest BCUT2D eigenvalue weighted by molar-refractivity contribution is 6.30. The summed E-state index contributed by atoms with van der Waals surface area (Å²) in [5.41, 5.74) is 0.739. The highest BCUT2D eigenvalue weighted by Gasteiger charge is 2.40. The predicted molar refractivity (Wildman–Crippen MR) is 125 cm³/mol. The largest absolute Gasteiger partial charge is 0.493 e. The van der Waals surface area contributed by atoms with Crippen LogP contribution in [0.5, 0.6) is 5.75 Å². The van der Waals surface area contributed by atoms with E-state index < -0.39 is 11.6 Å². The molecule has 0 spiro atoms. The van der Waals surface area contributed by atoms with Gasteiger partial charge in [0.2, 0.25) is 5.95 Å². The van der Waals surface area contributed by atoms with Gasteiger partial charge in [0, 0.05) is 24.3 Å². The van der Waals surface area contributed by atoms with Crippen LogP contribution in [-0.4, -0.2) is 68.5 Å². The van der Waals surface area contributed by atoms with Crippen LogP contribution in [0.4, 0.5) is 5.95 Å². The smallest absolute Gasteiger partial charge is 0.256 e. The number of pyridine rings is 1. The van der Waals surface area contributed by atoms with Gasteiger partial charge in [-0.15, -0.1) is 5.10 Å². The molecule has 9 nitrogen and oxygen atoms in total. The molecule has 3 heterocycles. The first-order valence-corrected chi connectivity index (χ1v) is 11.1. The second-order valence-corrected chi connectivity index (χ2v) is 9.19. The fraction of sp³-hybridized carbons (Fsp3) is 0.435. The number of nitrogens with one attached hydrogen (secondary N) is 1. The zero-order valence-electron chi connectivity index (χ0n) is 19.1. The number of ether oxygens (including phenoxy) is 2. The van der Waals surface area contributed by atoms with E-state index in [1.807, 2.05) is 31.2 Å².